The van der Waals surface area contributed by atoms with E-state index in [0.29, 0.717) is 59.8 Å². The fourth-order valence-corrected chi connectivity index (χ4v) is 11.3. The van der Waals surface area contributed by atoms with E-state index in [2.05, 4.69) is 69.5 Å². The van der Waals surface area contributed by atoms with Gasteiger partial charge in [-0.3, -0.25) is 34.4 Å². The predicted molar refractivity (Wildman–Crippen MR) is 254 cm³/mol. The molecule has 3 aromatic carbocycles. The van der Waals surface area contributed by atoms with Gasteiger partial charge in [0.25, 0.3) is 5.91 Å². The number of amides is 5. The third kappa shape index (κ3) is 8.66. The number of anilines is 4. The van der Waals surface area contributed by atoms with Crippen LogP contribution in [0.1, 0.15) is 66.9 Å². The summed E-state index contributed by atoms with van der Waals surface area (Å²) >= 11 is 0. The Labute approximate surface area is 389 Å². The summed E-state index contributed by atoms with van der Waals surface area (Å²) in [6, 6.07) is 24.5. The van der Waals surface area contributed by atoms with Crippen LogP contribution in [0.4, 0.5) is 27.7 Å². The van der Waals surface area contributed by atoms with E-state index in [-0.39, 0.29) is 42.8 Å². The summed E-state index contributed by atoms with van der Waals surface area (Å²) in [4.78, 5) is 75.4. The van der Waals surface area contributed by atoms with Gasteiger partial charge in [0.1, 0.15) is 12.1 Å². The predicted octanol–water partition coefficient (Wildman–Crippen LogP) is 4.98. The minimum absolute atomic E-state index is 0.0500. The van der Waals surface area contributed by atoms with Gasteiger partial charge in [0.15, 0.2) is 17.0 Å². The Bertz CT molecular complexity index is 2640. The van der Waals surface area contributed by atoms with Crippen LogP contribution in [0.3, 0.4) is 0 Å². The average molecular weight is 907 g/mol. The zero-order chi connectivity index (χ0) is 45.6. The highest BCUT2D eigenvalue weighted by Gasteiger charge is 2.49. The average Bonchev–Trinajstić information content (AvgIpc) is 3.74. The molecule has 4 aliphatic heterocycles. The number of aromatic nitrogens is 4. The zero-order valence-electron chi connectivity index (χ0n) is 38.0. The Kier molecular flexibility index (Phi) is 11.5. The number of rotatable bonds is 12. The molecule has 5 aromatic rings. The highest BCUT2D eigenvalue weighted by atomic mass is 16.5. The van der Waals surface area contributed by atoms with Crippen molar-refractivity contribution in [2.75, 3.05) is 81.1 Å². The van der Waals surface area contributed by atoms with Crippen LogP contribution in [0.5, 0.6) is 5.75 Å². The van der Waals surface area contributed by atoms with E-state index in [1.807, 2.05) is 41.6 Å². The second kappa shape index (κ2) is 17.9. The number of hydrogen-bond acceptors (Lipinski definition) is 12. The number of methoxy groups -OCH3 is 1. The number of likely N-dealkylation sites (tertiary alicyclic amines) is 2. The van der Waals surface area contributed by atoms with Gasteiger partial charge < -0.3 is 29.7 Å². The summed E-state index contributed by atoms with van der Waals surface area (Å²) in [6.07, 6.45) is 10.7. The van der Waals surface area contributed by atoms with Crippen LogP contribution in [-0.4, -0.2) is 142 Å². The lowest BCUT2D eigenvalue weighted by molar-refractivity contribution is -0.122. The van der Waals surface area contributed by atoms with Crippen molar-refractivity contribution in [3.05, 3.63) is 96.6 Å². The molecule has 2 saturated carbocycles. The van der Waals surface area contributed by atoms with E-state index >= 15 is 0 Å². The molecule has 348 valence electrons. The monoisotopic (exact) mass is 906 g/mol. The Hall–Kier alpha value is -6.59. The van der Waals surface area contributed by atoms with E-state index < -0.39 is 6.03 Å². The first-order valence-electron chi connectivity index (χ1n) is 23.9. The Morgan fingerprint density at radius 3 is 2.30 bits per heavy atom. The molecule has 5 amide bonds. The highest BCUT2D eigenvalue weighted by molar-refractivity contribution is 6.07. The van der Waals surface area contributed by atoms with Gasteiger partial charge in [0.2, 0.25) is 11.8 Å². The second-order valence-electron chi connectivity index (χ2n) is 19.4. The molecule has 11 rings (SSSR count). The Balaban J connectivity index is 0.606. The van der Waals surface area contributed by atoms with Gasteiger partial charge in [0.05, 0.1) is 25.5 Å². The maximum atomic E-state index is 13.5. The van der Waals surface area contributed by atoms with Crippen molar-refractivity contribution >= 4 is 57.8 Å². The summed E-state index contributed by atoms with van der Waals surface area (Å²) in [5.74, 6) is 0.859. The topological polar surface area (TPSA) is 173 Å². The maximum absolute atomic E-state index is 13.5. The smallest absolute Gasteiger partial charge is 0.328 e. The first kappa shape index (κ1) is 43.0. The third-order valence-corrected chi connectivity index (χ3v) is 15.4. The summed E-state index contributed by atoms with van der Waals surface area (Å²) in [5.41, 5.74) is 6.17. The van der Waals surface area contributed by atoms with Crippen molar-refractivity contribution in [1.82, 2.24) is 44.9 Å². The molecule has 0 radical (unpaired) electrons. The lowest BCUT2D eigenvalue weighted by Crippen LogP contribution is -2.64. The van der Waals surface area contributed by atoms with Crippen molar-refractivity contribution in [2.24, 2.45) is 5.41 Å². The minimum Gasteiger partial charge on any atom is -0.495 e. The molecule has 1 spiro atoms. The van der Waals surface area contributed by atoms with E-state index in [1.165, 1.54) is 43.4 Å². The fourth-order valence-electron chi connectivity index (χ4n) is 11.3. The molecule has 67 heavy (non-hydrogen) atoms. The molecule has 3 N–H and O–H groups in total. The second-order valence-corrected chi connectivity index (χ2v) is 19.4. The number of benzene rings is 3. The molecule has 6 heterocycles. The van der Waals surface area contributed by atoms with E-state index in [0.717, 1.165) is 74.5 Å². The van der Waals surface area contributed by atoms with Gasteiger partial charge in [-0.2, -0.15) is 0 Å². The molecular weight excluding hydrogens is 849 g/mol. The Morgan fingerprint density at radius 1 is 0.821 bits per heavy atom. The molecular formula is C50H58N12O5. The van der Waals surface area contributed by atoms with Crippen molar-refractivity contribution in [2.45, 2.75) is 75.5 Å². The molecule has 0 bridgehead atoms. The molecule has 17 nitrogen and oxygen atoms in total. The maximum Gasteiger partial charge on any atom is 0.328 e. The van der Waals surface area contributed by atoms with E-state index in [4.69, 9.17) is 9.72 Å². The number of imidazole rings is 1. The molecule has 17 heteroatoms. The van der Waals surface area contributed by atoms with Gasteiger partial charge in [-0.15, -0.1) is 0 Å². The number of carbonyl (C=O) groups is 4. The number of imide groups is 1. The first-order chi connectivity index (χ1) is 32.7. The number of carbonyl (C=O) groups excluding carboxylic acids is 4. The van der Waals surface area contributed by atoms with Crippen molar-refractivity contribution < 1.29 is 23.9 Å². The highest BCUT2D eigenvalue weighted by Crippen LogP contribution is 2.51. The van der Waals surface area contributed by atoms with Crippen LogP contribution in [0.25, 0.3) is 11.2 Å². The van der Waals surface area contributed by atoms with Crippen LogP contribution < -0.4 is 30.5 Å². The normalized spacial score (nSPS) is 22.5. The van der Waals surface area contributed by atoms with Crippen molar-refractivity contribution in [3.63, 3.8) is 0 Å². The van der Waals surface area contributed by atoms with Gasteiger partial charge in [-0.1, -0.05) is 30.3 Å². The van der Waals surface area contributed by atoms with Gasteiger partial charge in [0, 0.05) is 93.3 Å². The number of piperazine rings is 1. The van der Waals surface area contributed by atoms with Crippen LogP contribution in [0, 0.1) is 5.41 Å². The molecule has 6 fully saturated rings. The number of hydrogen-bond donors (Lipinski definition) is 3. The molecule has 0 unspecified atom stereocenters. The fraction of sp³-hybridized carbons (Fsp3) is 0.460. The molecule has 2 aromatic heterocycles. The zero-order valence-corrected chi connectivity index (χ0v) is 38.0. The molecule has 2 aliphatic carbocycles. The van der Waals surface area contributed by atoms with Crippen LogP contribution >= 0.6 is 0 Å². The van der Waals surface area contributed by atoms with Crippen molar-refractivity contribution in [3.8, 4) is 5.75 Å². The quantitative estimate of drug-likeness (QED) is 0.154. The van der Waals surface area contributed by atoms with Gasteiger partial charge in [-0.05, 0) is 105 Å². The van der Waals surface area contributed by atoms with E-state index in [9.17, 15) is 19.2 Å². The van der Waals surface area contributed by atoms with E-state index in [1.54, 1.807) is 24.5 Å². The lowest BCUT2D eigenvalue weighted by atomic mass is 9.59. The number of fused-ring (bicyclic) bond motifs is 1. The number of ether oxygens (including phenoxy) is 1. The van der Waals surface area contributed by atoms with Gasteiger partial charge in [-0.25, -0.2) is 19.7 Å². The standard InChI is InChI=1S/C50H58N12O5/c1-67-42-12-7-34(24-41(42)61-16-13-43(63)56-49(61)66)48(65)60-29-40(30-60)57-17-14-50(15-18-57)27-39(28-50)59-21-19-58(20-22-59)37-10-8-35(9-11-37)55-46-45-47(52-31-51-46)62(32-53-45)38-25-36(26-38)54-44(64)23-33-5-3-2-4-6-33/h2-12,24,31-32,36,38-40H,13-23,25-30H2,1H3,(H,54,64)(H,51,52,55)(H,56,63,66). The SMILES string of the molecule is COc1ccc(C(=O)N2CC(N3CCC4(CC3)CC(N3CCN(c5ccc(Nc6ncnc7c6ncn7C6CC(NC(=O)Cc7ccccc7)C6)cc5)CC3)C4)C2)cc1N1CCC(=O)NC1=O. The number of nitrogens with one attached hydrogen (secondary N) is 3. The van der Waals surface area contributed by atoms with Crippen LogP contribution in [0.15, 0.2) is 85.5 Å². The van der Waals surface area contributed by atoms with Crippen molar-refractivity contribution in [1.29, 1.82) is 0 Å². The number of nitrogens with zero attached hydrogens (tertiary/aromatic N) is 9. The lowest BCUT2D eigenvalue weighted by Gasteiger charge is -2.58. The summed E-state index contributed by atoms with van der Waals surface area (Å²) < 4.78 is 7.60. The summed E-state index contributed by atoms with van der Waals surface area (Å²) in [7, 11) is 1.53. The summed E-state index contributed by atoms with van der Waals surface area (Å²) in [5, 5.41) is 9.01. The third-order valence-electron chi connectivity index (χ3n) is 15.4. The minimum atomic E-state index is -0.504. The first-order valence-corrected chi connectivity index (χ1v) is 23.9. The number of urea groups is 1. The number of piperidine rings is 1. The van der Waals surface area contributed by atoms with Crippen LogP contribution in [-0.2, 0) is 16.0 Å². The molecule has 0 atom stereocenters. The molecule has 4 saturated heterocycles. The largest absolute Gasteiger partial charge is 0.495 e. The van der Waals surface area contributed by atoms with Crippen LogP contribution in [0.2, 0.25) is 0 Å². The van der Waals surface area contributed by atoms with Gasteiger partial charge >= 0.3 is 6.03 Å². The molecule has 6 aliphatic rings. The Morgan fingerprint density at radius 2 is 1.57 bits per heavy atom. The summed E-state index contributed by atoms with van der Waals surface area (Å²) in [6.45, 7) is 7.98.